The summed E-state index contributed by atoms with van der Waals surface area (Å²) >= 11 is 0. The largest absolute Gasteiger partial charge is 0.497 e. The van der Waals surface area contributed by atoms with E-state index in [2.05, 4.69) is 5.32 Å². The predicted octanol–water partition coefficient (Wildman–Crippen LogP) is 1.77. The Hall–Kier alpha value is -2.86. The van der Waals surface area contributed by atoms with Crippen molar-refractivity contribution in [3.63, 3.8) is 0 Å². The summed E-state index contributed by atoms with van der Waals surface area (Å²) in [5.74, 6) is 0.554. The molecule has 1 aliphatic heterocycles. The van der Waals surface area contributed by atoms with Crippen molar-refractivity contribution >= 4 is 11.8 Å². The zero-order valence-electron chi connectivity index (χ0n) is 15.6. The van der Waals surface area contributed by atoms with Gasteiger partial charge in [0, 0.05) is 38.3 Å². The van der Waals surface area contributed by atoms with Gasteiger partial charge in [-0.15, -0.1) is 0 Å². The summed E-state index contributed by atoms with van der Waals surface area (Å²) in [6.45, 7) is 3.33. The normalized spacial score (nSPS) is 13.9. The standard InChI is InChI=1S/C21H25N3O3/c1-27-19-9-5-6-17(14-19)15-24(21(26)18-7-3-2-4-8-18)16-20(25)23-12-10-22-11-13-23/h2-9,14,22H,10-13,15-16H2,1H3. The predicted molar refractivity (Wildman–Crippen MR) is 104 cm³/mol. The number of amides is 2. The van der Waals surface area contributed by atoms with Crippen molar-refractivity contribution in [2.45, 2.75) is 6.54 Å². The maximum atomic E-state index is 13.0. The minimum absolute atomic E-state index is 0.0244. The number of hydrogen-bond acceptors (Lipinski definition) is 4. The quantitative estimate of drug-likeness (QED) is 0.845. The summed E-state index contributed by atoms with van der Waals surface area (Å²) in [5.41, 5.74) is 1.50. The number of carbonyl (C=O) groups is 2. The molecule has 2 amide bonds. The molecule has 0 radical (unpaired) electrons. The zero-order chi connectivity index (χ0) is 19.1. The average molecular weight is 367 g/mol. The van der Waals surface area contributed by atoms with E-state index in [9.17, 15) is 9.59 Å². The second kappa shape index (κ2) is 9.19. The Morgan fingerprint density at radius 1 is 1.07 bits per heavy atom. The van der Waals surface area contributed by atoms with Gasteiger partial charge >= 0.3 is 0 Å². The van der Waals surface area contributed by atoms with Crippen molar-refractivity contribution in [1.82, 2.24) is 15.1 Å². The number of benzene rings is 2. The van der Waals surface area contributed by atoms with Gasteiger partial charge in [0.2, 0.25) is 5.91 Å². The third-order valence-corrected chi connectivity index (χ3v) is 4.61. The average Bonchev–Trinajstić information content (AvgIpc) is 2.74. The van der Waals surface area contributed by atoms with Crippen LogP contribution in [0.4, 0.5) is 0 Å². The van der Waals surface area contributed by atoms with Gasteiger partial charge in [0.05, 0.1) is 7.11 Å². The van der Waals surface area contributed by atoms with E-state index in [0.717, 1.165) is 24.4 Å². The Bertz CT molecular complexity index is 773. The highest BCUT2D eigenvalue weighted by atomic mass is 16.5. The van der Waals surface area contributed by atoms with E-state index in [1.165, 1.54) is 0 Å². The fraction of sp³-hybridized carbons (Fsp3) is 0.333. The van der Waals surface area contributed by atoms with Gasteiger partial charge < -0.3 is 19.9 Å². The first-order valence-electron chi connectivity index (χ1n) is 9.13. The number of hydrogen-bond donors (Lipinski definition) is 1. The molecule has 0 spiro atoms. The molecule has 2 aromatic carbocycles. The molecule has 2 aromatic rings. The van der Waals surface area contributed by atoms with Crippen molar-refractivity contribution in [1.29, 1.82) is 0 Å². The van der Waals surface area contributed by atoms with Crippen molar-refractivity contribution in [3.05, 3.63) is 65.7 Å². The topological polar surface area (TPSA) is 61.9 Å². The summed E-state index contributed by atoms with van der Waals surface area (Å²) in [6, 6.07) is 16.6. The Kier molecular flexibility index (Phi) is 6.44. The van der Waals surface area contributed by atoms with Gasteiger partial charge in [-0.25, -0.2) is 0 Å². The number of nitrogens with one attached hydrogen (secondary N) is 1. The number of carbonyl (C=O) groups excluding carboxylic acids is 2. The molecule has 1 aliphatic rings. The van der Waals surface area contributed by atoms with Gasteiger partial charge in [0.25, 0.3) is 5.91 Å². The highest BCUT2D eigenvalue weighted by Crippen LogP contribution is 2.16. The monoisotopic (exact) mass is 367 g/mol. The van der Waals surface area contributed by atoms with Gasteiger partial charge in [-0.3, -0.25) is 9.59 Å². The molecule has 1 fully saturated rings. The highest BCUT2D eigenvalue weighted by Gasteiger charge is 2.23. The number of rotatable bonds is 6. The highest BCUT2D eigenvalue weighted by molar-refractivity contribution is 5.96. The molecule has 0 saturated carbocycles. The third-order valence-electron chi connectivity index (χ3n) is 4.61. The van der Waals surface area contributed by atoms with Crippen LogP contribution in [-0.2, 0) is 11.3 Å². The molecule has 0 aromatic heterocycles. The van der Waals surface area contributed by atoms with Crippen LogP contribution in [0.2, 0.25) is 0 Å². The Morgan fingerprint density at radius 2 is 1.81 bits per heavy atom. The molecule has 142 valence electrons. The van der Waals surface area contributed by atoms with Crippen LogP contribution in [0.25, 0.3) is 0 Å². The van der Waals surface area contributed by atoms with Crippen LogP contribution in [0.5, 0.6) is 5.75 Å². The van der Waals surface area contributed by atoms with Crippen LogP contribution in [0.1, 0.15) is 15.9 Å². The van der Waals surface area contributed by atoms with E-state index < -0.39 is 0 Å². The zero-order valence-corrected chi connectivity index (χ0v) is 15.6. The van der Waals surface area contributed by atoms with Crippen LogP contribution in [0.3, 0.4) is 0 Å². The second-order valence-corrected chi connectivity index (χ2v) is 6.51. The first-order chi connectivity index (χ1) is 13.2. The third kappa shape index (κ3) is 5.08. The minimum atomic E-state index is -0.151. The summed E-state index contributed by atoms with van der Waals surface area (Å²) < 4.78 is 5.27. The fourth-order valence-corrected chi connectivity index (χ4v) is 3.13. The summed E-state index contributed by atoms with van der Waals surface area (Å²) in [6.07, 6.45) is 0. The summed E-state index contributed by atoms with van der Waals surface area (Å²) in [5, 5.41) is 3.24. The molecule has 6 heteroatoms. The van der Waals surface area contributed by atoms with Crippen molar-refractivity contribution < 1.29 is 14.3 Å². The first kappa shape index (κ1) is 18.9. The van der Waals surface area contributed by atoms with E-state index in [0.29, 0.717) is 25.2 Å². The lowest BCUT2D eigenvalue weighted by molar-refractivity contribution is -0.132. The molecule has 6 nitrogen and oxygen atoms in total. The van der Waals surface area contributed by atoms with Gasteiger partial charge in [-0.2, -0.15) is 0 Å². The maximum absolute atomic E-state index is 13.0. The number of nitrogens with zero attached hydrogens (tertiary/aromatic N) is 2. The molecular weight excluding hydrogens is 342 g/mol. The summed E-state index contributed by atoms with van der Waals surface area (Å²) in [4.78, 5) is 29.2. The van der Waals surface area contributed by atoms with E-state index in [-0.39, 0.29) is 18.4 Å². The number of methoxy groups -OCH3 is 1. The van der Waals surface area contributed by atoms with Crippen LogP contribution in [0.15, 0.2) is 54.6 Å². The molecule has 27 heavy (non-hydrogen) atoms. The molecule has 0 atom stereocenters. The van der Waals surface area contributed by atoms with Gasteiger partial charge in [0.15, 0.2) is 0 Å². The smallest absolute Gasteiger partial charge is 0.254 e. The molecule has 1 heterocycles. The van der Waals surface area contributed by atoms with Gasteiger partial charge in [-0.1, -0.05) is 30.3 Å². The van der Waals surface area contributed by atoms with E-state index in [1.54, 1.807) is 24.1 Å². The van der Waals surface area contributed by atoms with E-state index >= 15 is 0 Å². The molecule has 0 aliphatic carbocycles. The molecule has 0 unspecified atom stereocenters. The maximum Gasteiger partial charge on any atom is 0.254 e. The Morgan fingerprint density at radius 3 is 2.52 bits per heavy atom. The fourth-order valence-electron chi connectivity index (χ4n) is 3.13. The lowest BCUT2D eigenvalue weighted by Gasteiger charge is -2.30. The van der Waals surface area contributed by atoms with Gasteiger partial charge in [0.1, 0.15) is 12.3 Å². The lowest BCUT2D eigenvalue weighted by Crippen LogP contribution is -2.50. The molecule has 1 saturated heterocycles. The van der Waals surface area contributed by atoms with Crippen molar-refractivity contribution in [3.8, 4) is 5.75 Å². The first-order valence-corrected chi connectivity index (χ1v) is 9.13. The van der Waals surface area contributed by atoms with Gasteiger partial charge in [-0.05, 0) is 29.8 Å². The van der Waals surface area contributed by atoms with Crippen LogP contribution in [-0.4, -0.2) is 61.4 Å². The SMILES string of the molecule is COc1cccc(CN(CC(=O)N2CCNCC2)C(=O)c2ccccc2)c1. The van der Waals surface area contributed by atoms with Crippen LogP contribution >= 0.6 is 0 Å². The van der Waals surface area contributed by atoms with E-state index in [1.807, 2.05) is 47.4 Å². The number of ether oxygens (including phenoxy) is 1. The number of piperazine rings is 1. The Balaban J connectivity index is 1.79. The minimum Gasteiger partial charge on any atom is -0.497 e. The van der Waals surface area contributed by atoms with Crippen LogP contribution < -0.4 is 10.1 Å². The van der Waals surface area contributed by atoms with Crippen molar-refractivity contribution in [2.75, 3.05) is 39.8 Å². The summed E-state index contributed by atoms with van der Waals surface area (Å²) in [7, 11) is 1.61. The van der Waals surface area contributed by atoms with Crippen LogP contribution in [0, 0.1) is 0 Å². The molecule has 0 bridgehead atoms. The lowest BCUT2D eigenvalue weighted by atomic mass is 10.1. The second-order valence-electron chi connectivity index (χ2n) is 6.51. The van der Waals surface area contributed by atoms with Crippen molar-refractivity contribution in [2.24, 2.45) is 0 Å². The molecule has 1 N–H and O–H groups in total. The molecule has 3 rings (SSSR count). The molecular formula is C21H25N3O3. The Labute approximate surface area is 159 Å². The van der Waals surface area contributed by atoms with E-state index in [4.69, 9.17) is 4.74 Å².